The van der Waals surface area contributed by atoms with Crippen molar-refractivity contribution < 1.29 is 14.4 Å². The number of likely N-dealkylation sites (tertiary alicyclic amines) is 1. The summed E-state index contributed by atoms with van der Waals surface area (Å²) in [6, 6.07) is 14.2. The van der Waals surface area contributed by atoms with Gasteiger partial charge in [0.1, 0.15) is 24.1 Å². The first-order chi connectivity index (χ1) is 15.1. The van der Waals surface area contributed by atoms with Crippen LogP contribution in [0.5, 0.6) is 11.5 Å². The Labute approximate surface area is 182 Å². The number of aryl methyl sites for hydroxylation is 1. The van der Waals surface area contributed by atoms with Crippen LogP contribution < -0.4 is 25.4 Å². The molecule has 1 saturated heterocycles. The Kier molecular flexibility index (Phi) is 6.18. The number of benzene rings is 2. The zero-order valence-corrected chi connectivity index (χ0v) is 18.2. The minimum absolute atomic E-state index is 0.218. The van der Waals surface area contributed by atoms with Crippen LogP contribution in [0.25, 0.3) is 0 Å². The first-order valence-corrected chi connectivity index (χ1v) is 10.5. The van der Waals surface area contributed by atoms with Crippen LogP contribution in [0.1, 0.15) is 35.8 Å². The van der Waals surface area contributed by atoms with Gasteiger partial charge in [-0.2, -0.15) is 15.0 Å². The Hall–Kier alpha value is -3.39. The van der Waals surface area contributed by atoms with E-state index in [1.807, 2.05) is 43.3 Å². The second kappa shape index (κ2) is 9.18. The molecule has 8 nitrogen and oxygen atoms in total. The van der Waals surface area contributed by atoms with E-state index in [2.05, 4.69) is 26.3 Å². The predicted octanol–water partition coefficient (Wildman–Crippen LogP) is 2.44. The van der Waals surface area contributed by atoms with Gasteiger partial charge in [0.05, 0.1) is 26.3 Å². The lowest BCUT2D eigenvalue weighted by atomic mass is 10.0. The quantitative estimate of drug-likeness (QED) is 0.539. The maximum atomic E-state index is 6.01. The highest BCUT2D eigenvalue weighted by molar-refractivity contribution is 5.58. The molecule has 31 heavy (non-hydrogen) atoms. The molecule has 1 unspecified atom stereocenters. The third kappa shape index (κ3) is 4.69. The molecule has 2 atom stereocenters. The Morgan fingerprint density at radius 3 is 2.71 bits per heavy atom. The number of hydrogen-bond donors (Lipinski definition) is 3. The van der Waals surface area contributed by atoms with E-state index in [9.17, 15) is 0 Å². The summed E-state index contributed by atoms with van der Waals surface area (Å²) >= 11 is 0. The van der Waals surface area contributed by atoms with E-state index in [-0.39, 0.29) is 12.0 Å². The number of anilines is 3. The Balaban J connectivity index is 1.57. The zero-order chi connectivity index (χ0) is 21.8. The summed E-state index contributed by atoms with van der Waals surface area (Å²) in [5, 5.41) is 3.27. The van der Waals surface area contributed by atoms with E-state index in [4.69, 9.17) is 15.2 Å². The van der Waals surface area contributed by atoms with Crippen molar-refractivity contribution in [1.82, 2.24) is 15.0 Å². The molecule has 2 heterocycles. The highest BCUT2D eigenvalue weighted by Gasteiger charge is 2.33. The summed E-state index contributed by atoms with van der Waals surface area (Å²) < 4.78 is 11.1. The van der Waals surface area contributed by atoms with Crippen LogP contribution >= 0.6 is 0 Å². The summed E-state index contributed by atoms with van der Waals surface area (Å²) in [5.74, 6) is 3.06. The minimum atomic E-state index is 0.218. The first kappa shape index (κ1) is 20.9. The number of hydrogen-bond acceptors (Lipinski definition) is 7. The molecule has 4 rings (SSSR count). The van der Waals surface area contributed by atoms with E-state index in [0.29, 0.717) is 18.3 Å². The van der Waals surface area contributed by atoms with Crippen molar-refractivity contribution >= 4 is 17.6 Å². The fourth-order valence-electron chi connectivity index (χ4n) is 4.22. The van der Waals surface area contributed by atoms with Gasteiger partial charge in [0, 0.05) is 18.5 Å². The van der Waals surface area contributed by atoms with Crippen molar-refractivity contribution in [2.24, 2.45) is 0 Å². The van der Waals surface area contributed by atoms with Crippen molar-refractivity contribution in [3.05, 3.63) is 59.4 Å². The van der Waals surface area contributed by atoms with Crippen LogP contribution in [-0.2, 0) is 6.54 Å². The van der Waals surface area contributed by atoms with E-state index in [1.54, 1.807) is 14.2 Å². The molecule has 3 aromatic rings. The second-order valence-electron chi connectivity index (χ2n) is 7.76. The van der Waals surface area contributed by atoms with Gasteiger partial charge < -0.3 is 25.4 Å². The molecule has 0 saturated carbocycles. The number of nitrogens with one attached hydrogen (secondary N) is 2. The summed E-state index contributed by atoms with van der Waals surface area (Å²) in [7, 11) is 3.39. The minimum Gasteiger partial charge on any atom is -0.497 e. The summed E-state index contributed by atoms with van der Waals surface area (Å²) in [4.78, 5) is 14.7. The number of para-hydroxylation sites is 1. The van der Waals surface area contributed by atoms with Crippen LogP contribution in [0.3, 0.4) is 0 Å². The van der Waals surface area contributed by atoms with Gasteiger partial charge in [0.2, 0.25) is 11.9 Å². The van der Waals surface area contributed by atoms with Crippen LogP contribution in [-0.4, -0.2) is 35.7 Å². The lowest BCUT2D eigenvalue weighted by molar-refractivity contribution is -0.932. The normalized spacial score (nSPS) is 18.0. The zero-order valence-electron chi connectivity index (χ0n) is 18.2. The molecular formula is C23H29N6O2+. The van der Waals surface area contributed by atoms with Gasteiger partial charge in [-0.25, -0.2) is 0 Å². The Morgan fingerprint density at radius 2 is 1.94 bits per heavy atom. The van der Waals surface area contributed by atoms with Crippen LogP contribution in [0.15, 0.2) is 42.5 Å². The first-order valence-electron chi connectivity index (χ1n) is 10.5. The molecule has 0 radical (unpaired) electrons. The highest BCUT2D eigenvalue weighted by atomic mass is 16.5. The number of ether oxygens (including phenoxy) is 2. The number of aromatic nitrogens is 3. The lowest BCUT2D eigenvalue weighted by Crippen LogP contribution is -3.09. The van der Waals surface area contributed by atoms with E-state index < -0.39 is 0 Å². The number of nitrogens with zero attached hydrogens (tertiary/aromatic N) is 3. The topological polar surface area (TPSA) is 99.6 Å². The largest absolute Gasteiger partial charge is 0.497 e. The van der Waals surface area contributed by atoms with Gasteiger partial charge >= 0.3 is 0 Å². The number of nitrogen functional groups attached to an aromatic ring is 1. The van der Waals surface area contributed by atoms with E-state index >= 15 is 0 Å². The average molecular weight is 422 g/mol. The van der Waals surface area contributed by atoms with Crippen molar-refractivity contribution in [3.8, 4) is 11.5 Å². The molecule has 1 aromatic heterocycles. The van der Waals surface area contributed by atoms with Crippen molar-refractivity contribution in [2.75, 3.05) is 31.8 Å². The fraction of sp³-hybridized carbons (Fsp3) is 0.348. The third-order valence-electron chi connectivity index (χ3n) is 5.77. The number of rotatable bonds is 7. The smallest absolute Gasteiger partial charge is 0.232 e. The van der Waals surface area contributed by atoms with Crippen molar-refractivity contribution in [1.29, 1.82) is 0 Å². The number of quaternary nitrogens is 1. The van der Waals surface area contributed by atoms with E-state index in [0.717, 1.165) is 47.7 Å². The second-order valence-corrected chi connectivity index (χ2v) is 7.76. The van der Waals surface area contributed by atoms with Gasteiger partial charge in [-0.15, -0.1) is 0 Å². The molecule has 1 fully saturated rings. The molecule has 0 amide bonds. The molecule has 1 aliphatic heterocycles. The van der Waals surface area contributed by atoms with Crippen LogP contribution in [0.4, 0.5) is 17.6 Å². The van der Waals surface area contributed by atoms with Gasteiger partial charge in [-0.3, -0.25) is 0 Å². The SMILES string of the molecule is COc1ccc(OC)c([C@H]2CCC[NH+]2Cc2nc(N)nc(Nc3ccccc3C)n2)c1. The molecule has 162 valence electrons. The maximum absolute atomic E-state index is 6.01. The van der Waals surface area contributed by atoms with E-state index in [1.165, 1.54) is 4.90 Å². The Bertz CT molecular complexity index is 1060. The molecular weight excluding hydrogens is 392 g/mol. The molecule has 0 spiro atoms. The van der Waals surface area contributed by atoms with Crippen molar-refractivity contribution in [2.45, 2.75) is 32.4 Å². The molecule has 8 heteroatoms. The number of nitrogens with two attached hydrogens (primary N) is 1. The van der Waals surface area contributed by atoms with Gasteiger partial charge in [0.25, 0.3) is 0 Å². The third-order valence-corrected chi connectivity index (χ3v) is 5.77. The molecule has 0 aliphatic carbocycles. The predicted molar refractivity (Wildman–Crippen MR) is 120 cm³/mol. The van der Waals surface area contributed by atoms with Gasteiger partial charge in [-0.05, 0) is 36.8 Å². The summed E-state index contributed by atoms with van der Waals surface area (Å²) in [6.07, 6.45) is 2.18. The fourth-order valence-corrected chi connectivity index (χ4v) is 4.22. The van der Waals surface area contributed by atoms with Crippen LogP contribution in [0, 0.1) is 6.92 Å². The summed E-state index contributed by atoms with van der Waals surface area (Å²) in [6.45, 7) is 3.71. The molecule has 1 aliphatic rings. The van der Waals surface area contributed by atoms with Crippen molar-refractivity contribution in [3.63, 3.8) is 0 Å². The molecule has 0 bridgehead atoms. The standard InChI is InChI=1S/C23H28N6O2/c1-15-7-4-5-8-18(15)25-23-27-21(26-22(24)28-23)14-29-12-6-9-19(29)17-13-16(30-2)10-11-20(17)31-3/h4-5,7-8,10-11,13,19H,6,9,12,14H2,1-3H3,(H3,24,25,26,27,28)/p+1/t19-/m1/s1. The maximum Gasteiger partial charge on any atom is 0.232 e. The number of methoxy groups -OCH3 is 2. The lowest BCUT2D eigenvalue weighted by Gasteiger charge is -2.23. The summed E-state index contributed by atoms with van der Waals surface area (Å²) in [5.41, 5.74) is 9.21. The van der Waals surface area contributed by atoms with Gasteiger partial charge in [-0.1, -0.05) is 18.2 Å². The van der Waals surface area contributed by atoms with Gasteiger partial charge in [0.15, 0.2) is 5.82 Å². The highest BCUT2D eigenvalue weighted by Crippen LogP contribution is 2.32. The molecule has 4 N–H and O–H groups in total. The Morgan fingerprint density at radius 1 is 1.10 bits per heavy atom. The van der Waals surface area contributed by atoms with Crippen LogP contribution in [0.2, 0.25) is 0 Å². The average Bonchev–Trinajstić information content (AvgIpc) is 3.22. The molecule has 2 aromatic carbocycles. The monoisotopic (exact) mass is 421 g/mol.